The second-order valence-corrected chi connectivity index (χ2v) is 9.64. The van der Waals surface area contributed by atoms with Crippen molar-refractivity contribution in [1.29, 1.82) is 0 Å². The van der Waals surface area contributed by atoms with E-state index in [0.29, 0.717) is 46.6 Å². The molecule has 2 aromatic carbocycles. The zero-order valence-corrected chi connectivity index (χ0v) is 21.5. The molecule has 0 saturated carbocycles. The Labute approximate surface area is 222 Å². The highest BCUT2D eigenvalue weighted by atomic mass is 32.1. The number of aromatic nitrogens is 1. The van der Waals surface area contributed by atoms with Crippen molar-refractivity contribution in [2.24, 2.45) is 0 Å². The van der Waals surface area contributed by atoms with Gasteiger partial charge in [0.25, 0.3) is 5.78 Å². The first-order valence-electron chi connectivity index (χ1n) is 11.8. The predicted molar refractivity (Wildman–Crippen MR) is 141 cm³/mol. The minimum atomic E-state index is -1.03. The molecule has 2 aliphatic rings. The van der Waals surface area contributed by atoms with Gasteiger partial charge in [0.1, 0.15) is 31.3 Å². The number of amides is 1. The van der Waals surface area contributed by atoms with Gasteiger partial charge in [0.05, 0.1) is 22.2 Å². The Kier molecular flexibility index (Phi) is 6.73. The fraction of sp³-hybridized carbons (Fsp3) is 0.214. The maximum absolute atomic E-state index is 13.5. The standard InChI is InChI=1S/C28H24N2O7S/c1-4-10-35-19-7-5-6-17(13-19)23-22(24(32)18-8-9-20-21(14-18)37-12-11-36-20)25(33)27(34)30(23)28-29-15(2)26(38-28)16(3)31/h4-9,13-14,23,32H,1,10-12H2,2-3H3. The summed E-state index contributed by atoms with van der Waals surface area (Å²) in [5.74, 6) is -0.875. The lowest BCUT2D eigenvalue weighted by atomic mass is 9.95. The number of aliphatic hydroxyl groups excluding tert-OH is 1. The van der Waals surface area contributed by atoms with Crippen LogP contribution in [-0.2, 0) is 9.59 Å². The van der Waals surface area contributed by atoms with Gasteiger partial charge in [-0.05, 0) is 42.8 Å². The minimum Gasteiger partial charge on any atom is -0.507 e. The topological polar surface area (TPSA) is 115 Å². The summed E-state index contributed by atoms with van der Waals surface area (Å²) in [5, 5.41) is 11.6. The van der Waals surface area contributed by atoms with E-state index in [1.165, 1.54) is 11.8 Å². The zero-order chi connectivity index (χ0) is 27.0. The number of aliphatic hydroxyl groups is 1. The molecule has 1 unspecified atom stereocenters. The van der Waals surface area contributed by atoms with Gasteiger partial charge in [-0.15, -0.1) is 0 Å². The molecule has 10 heteroatoms. The summed E-state index contributed by atoms with van der Waals surface area (Å²) in [6.45, 7) is 7.75. The largest absolute Gasteiger partial charge is 0.507 e. The van der Waals surface area contributed by atoms with Crippen molar-refractivity contribution in [1.82, 2.24) is 4.98 Å². The second-order valence-electron chi connectivity index (χ2n) is 8.67. The van der Waals surface area contributed by atoms with Crippen LogP contribution in [0.4, 0.5) is 5.13 Å². The van der Waals surface area contributed by atoms with Gasteiger partial charge in [-0.25, -0.2) is 4.98 Å². The molecule has 1 aromatic heterocycles. The van der Waals surface area contributed by atoms with E-state index < -0.39 is 17.7 Å². The van der Waals surface area contributed by atoms with Crippen LogP contribution < -0.4 is 19.1 Å². The molecule has 38 heavy (non-hydrogen) atoms. The van der Waals surface area contributed by atoms with Crippen LogP contribution >= 0.6 is 11.3 Å². The number of thiazole rings is 1. The first-order chi connectivity index (χ1) is 18.3. The summed E-state index contributed by atoms with van der Waals surface area (Å²) in [6, 6.07) is 10.7. The third-order valence-electron chi connectivity index (χ3n) is 6.11. The van der Waals surface area contributed by atoms with Crippen LogP contribution in [0, 0.1) is 6.92 Å². The highest BCUT2D eigenvalue weighted by molar-refractivity contribution is 7.18. The Balaban J connectivity index is 1.69. The van der Waals surface area contributed by atoms with Gasteiger partial charge >= 0.3 is 5.91 Å². The monoisotopic (exact) mass is 532 g/mol. The molecule has 0 radical (unpaired) electrons. The first-order valence-corrected chi connectivity index (χ1v) is 12.6. The Hall–Kier alpha value is -4.44. The zero-order valence-electron chi connectivity index (χ0n) is 20.7. The average Bonchev–Trinajstić information content (AvgIpc) is 3.43. The second kappa shape index (κ2) is 10.1. The van der Waals surface area contributed by atoms with Crippen LogP contribution in [-0.4, -0.2) is 47.4 Å². The van der Waals surface area contributed by atoms with Crippen LogP contribution in [0.3, 0.4) is 0 Å². The van der Waals surface area contributed by atoms with E-state index in [1.54, 1.807) is 55.5 Å². The third kappa shape index (κ3) is 4.43. The molecule has 1 N–H and O–H groups in total. The molecule has 1 fully saturated rings. The van der Waals surface area contributed by atoms with E-state index in [2.05, 4.69) is 11.6 Å². The van der Waals surface area contributed by atoms with E-state index in [0.717, 1.165) is 11.3 Å². The van der Waals surface area contributed by atoms with Crippen molar-refractivity contribution in [2.75, 3.05) is 24.7 Å². The maximum atomic E-state index is 13.5. The third-order valence-corrected chi connectivity index (χ3v) is 7.37. The molecular weight excluding hydrogens is 508 g/mol. The van der Waals surface area contributed by atoms with Crippen molar-refractivity contribution in [3.63, 3.8) is 0 Å². The number of carbonyl (C=O) groups excluding carboxylic acids is 3. The molecule has 1 amide bonds. The van der Waals surface area contributed by atoms with Crippen LogP contribution in [0.2, 0.25) is 0 Å². The number of nitrogens with zero attached hydrogens (tertiary/aromatic N) is 2. The summed E-state index contributed by atoms with van der Waals surface area (Å²) in [6.07, 6.45) is 1.60. The molecule has 0 spiro atoms. The summed E-state index contributed by atoms with van der Waals surface area (Å²) in [7, 11) is 0. The van der Waals surface area contributed by atoms with E-state index in [-0.39, 0.29) is 34.4 Å². The van der Waals surface area contributed by atoms with Crippen LogP contribution in [0.25, 0.3) is 5.76 Å². The van der Waals surface area contributed by atoms with Crippen LogP contribution in [0.15, 0.2) is 60.7 Å². The fourth-order valence-corrected chi connectivity index (χ4v) is 5.42. The number of ether oxygens (including phenoxy) is 3. The van der Waals surface area contributed by atoms with E-state index in [4.69, 9.17) is 14.2 Å². The number of carbonyl (C=O) groups is 3. The Morgan fingerprint density at radius 1 is 1.21 bits per heavy atom. The van der Waals surface area contributed by atoms with Crippen molar-refractivity contribution in [3.05, 3.63) is 82.4 Å². The average molecular weight is 533 g/mol. The molecule has 3 aromatic rings. The van der Waals surface area contributed by atoms with Gasteiger partial charge in [0.2, 0.25) is 0 Å². The highest BCUT2D eigenvalue weighted by Crippen LogP contribution is 2.45. The quantitative estimate of drug-likeness (QED) is 0.154. The lowest BCUT2D eigenvalue weighted by Gasteiger charge is -2.23. The van der Waals surface area contributed by atoms with Crippen molar-refractivity contribution < 1.29 is 33.7 Å². The SMILES string of the molecule is C=CCOc1cccc(C2C(=C(O)c3ccc4c(c3)OCCO4)C(=O)C(=O)N2c2nc(C)c(C(C)=O)s2)c1. The van der Waals surface area contributed by atoms with Gasteiger partial charge in [0.15, 0.2) is 22.4 Å². The number of Topliss-reactive ketones (excluding diaryl/α,β-unsaturated/α-hetero) is 2. The van der Waals surface area contributed by atoms with Crippen LogP contribution in [0.1, 0.15) is 39.5 Å². The van der Waals surface area contributed by atoms with E-state index in [1.807, 2.05) is 0 Å². The first kappa shape index (κ1) is 25.2. The van der Waals surface area contributed by atoms with Crippen molar-refractivity contribution >= 4 is 39.7 Å². The van der Waals surface area contributed by atoms with Gasteiger partial charge in [-0.2, -0.15) is 0 Å². The molecule has 0 bridgehead atoms. The smallest absolute Gasteiger partial charge is 0.301 e. The Morgan fingerprint density at radius 2 is 1.97 bits per heavy atom. The highest BCUT2D eigenvalue weighted by Gasteiger charge is 2.48. The fourth-order valence-electron chi connectivity index (χ4n) is 4.43. The molecule has 194 valence electrons. The number of hydrogen-bond donors (Lipinski definition) is 1. The van der Waals surface area contributed by atoms with Crippen molar-refractivity contribution in [3.8, 4) is 17.2 Å². The summed E-state index contributed by atoms with van der Waals surface area (Å²) in [4.78, 5) is 45.1. The van der Waals surface area contributed by atoms with Gasteiger partial charge in [-0.1, -0.05) is 36.1 Å². The number of anilines is 1. The summed E-state index contributed by atoms with van der Waals surface area (Å²) >= 11 is 1.02. The van der Waals surface area contributed by atoms with Gasteiger partial charge in [-0.3, -0.25) is 19.3 Å². The Bertz CT molecular complexity index is 1510. The van der Waals surface area contributed by atoms with Crippen LogP contribution in [0.5, 0.6) is 17.2 Å². The molecule has 5 rings (SSSR count). The minimum absolute atomic E-state index is 0.121. The number of fused-ring (bicyclic) bond motifs is 1. The molecule has 1 atom stereocenters. The maximum Gasteiger partial charge on any atom is 0.301 e. The molecule has 3 heterocycles. The molecule has 0 aliphatic carbocycles. The molecule has 9 nitrogen and oxygen atoms in total. The lowest BCUT2D eigenvalue weighted by molar-refractivity contribution is -0.132. The normalized spacial score (nSPS) is 17.9. The molecular formula is C28H24N2O7S. The van der Waals surface area contributed by atoms with Gasteiger partial charge in [0, 0.05) is 12.5 Å². The molecule has 1 saturated heterocycles. The number of benzene rings is 2. The summed E-state index contributed by atoms with van der Waals surface area (Å²) < 4.78 is 16.9. The lowest BCUT2D eigenvalue weighted by Crippen LogP contribution is -2.29. The number of aryl methyl sites for hydroxylation is 1. The van der Waals surface area contributed by atoms with Gasteiger partial charge < -0.3 is 19.3 Å². The number of ketones is 2. The van der Waals surface area contributed by atoms with E-state index >= 15 is 0 Å². The number of hydrogen-bond acceptors (Lipinski definition) is 9. The summed E-state index contributed by atoms with van der Waals surface area (Å²) in [5.41, 5.74) is 1.14. The molecule has 2 aliphatic heterocycles. The Morgan fingerprint density at radius 3 is 2.68 bits per heavy atom. The van der Waals surface area contributed by atoms with Crippen molar-refractivity contribution in [2.45, 2.75) is 19.9 Å². The number of rotatable bonds is 7. The predicted octanol–water partition coefficient (Wildman–Crippen LogP) is 4.62. The van der Waals surface area contributed by atoms with E-state index in [9.17, 15) is 19.5 Å².